The molecule has 5 heteroatoms. The first-order valence-corrected chi connectivity index (χ1v) is 6.40. The predicted octanol–water partition coefficient (Wildman–Crippen LogP) is 1.67. The van der Waals surface area contributed by atoms with E-state index in [0.717, 1.165) is 23.5 Å². The van der Waals surface area contributed by atoms with E-state index in [4.69, 9.17) is 9.47 Å². The van der Waals surface area contributed by atoms with Crippen LogP contribution < -0.4 is 14.8 Å². The molecule has 19 heavy (non-hydrogen) atoms. The van der Waals surface area contributed by atoms with Crippen molar-refractivity contribution >= 4 is 5.97 Å². The van der Waals surface area contributed by atoms with Gasteiger partial charge in [-0.2, -0.15) is 0 Å². The molecule has 2 rings (SSSR count). The number of esters is 1. The Kier molecular flexibility index (Phi) is 4.63. The minimum atomic E-state index is -0.277. The van der Waals surface area contributed by atoms with Crippen molar-refractivity contribution in [1.82, 2.24) is 5.32 Å². The summed E-state index contributed by atoms with van der Waals surface area (Å²) in [5.41, 5.74) is 1.05. The molecule has 1 heterocycles. The van der Waals surface area contributed by atoms with Crippen LogP contribution in [0.2, 0.25) is 0 Å². The highest BCUT2D eigenvalue weighted by Crippen LogP contribution is 2.32. The van der Waals surface area contributed by atoms with Gasteiger partial charge in [-0.25, -0.2) is 0 Å². The zero-order chi connectivity index (χ0) is 13.7. The molecule has 0 bridgehead atoms. The Morgan fingerprint density at radius 3 is 2.84 bits per heavy atom. The van der Waals surface area contributed by atoms with Crippen LogP contribution in [0.1, 0.15) is 24.9 Å². The molecule has 1 aromatic rings. The van der Waals surface area contributed by atoms with Crippen LogP contribution in [0.4, 0.5) is 0 Å². The van der Waals surface area contributed by atoms with E-state index in [0.29, 0.717) is 13.2 Å². The zero-order valence-electron chi connectivity index (χ0n) is 11.3. The number of methoxy groups -OCH3 is 1. The van der Waals surface area contributed by atoms with Crippen molar-refractivity contribution in [2.24, 2.45) is 0 Å². The lowest BCUT2D eigenvalue weighted by Gasteiger charge is -2.15. The van der Waals surface area contributed by atoms with Gasteiger partial charge in [0.05, 0.1) is 26.9 Å². The topological polar surface area (TPSA) is 56.8 Å². The molecule has 1 atom stereocenters. The first-order chi connectivity index (χ1) is 9.20. The average Bonchev–Trinajstić information content (AvgIpc) is 2.68. The smallest absolute Gasteiger partial charge is 0.319 e. The Balaban J connectivity index is 2.04. The average molecular weight is 265 g/mol. The number of hydrogen-bond donors (Lipinski definition) is 1. The maximum absolute atomic E-state index is 11.1. The normalized spacial score (nSPS) is 15.5. The van der Waals surface area contributed by atoms with Crippen molar-refractivity contribution in [1.29, 1.82) is 0 Å². The summed E-state index contributed by atoms with van der Waals surface area (Å²) in [5.74, 6) is 1.27. The maximum atomic E-state index is 11.1. The van der Waals surface area contributed by atoms with Gasteiger partial charge in [0.25, 0.3) is 0 Å². The summed E-state index contributed by atoms with van der Waals surface area (Å²) < 4.78 is 15.8. The second-order valence-electron chi connectivity index (χ2n) is 4.44. The summed E-state index contributed by atoms with van der Waals surface area (Å²) >= 11 is 0. The number of fused-ring (bicyclic) bond motifs is 1. The van der Waals surface area contributed by atoms with E-state index in [-0.39, 0.29) is 18.6 Å². The molecule has 0 amide bonds. The van der Waals surface area contributed by atoms with E-state index in [1.54, 1.807) is 0 Å². The molecule has 1 aliphatic heterocycles. The van der Waals surface area contributed by atoms with Crippen molar-refractivity contribution in [2.45, 2.75) is 19.4 Å². The highest BCUT2D eigenvalue weighted by Gasteiger charge is 2.14. The molecule has 0 fully saturated rings. The zero-order valence-corrected chi connectivity index (χ0v) is 11.3. The molecule has 0 saturated carbocycles. The lowest BCUT2D eigenvalue weighted by molar-refractivity contribution is -0.139. The Bertz CT molecular complexity index is 447. The summed E-state index contributed by atoms with van der Waals surface area (Å²) in [6.07, 6.45) is 0.889. The molecule has 0 saturated heterocycles. The van der Waals surface area contributed by atoms with Crippen LogP contribution in [-0.2, 0) is 9.53 Å². The van der Waals surface area contributed by atoms with Crippen LogP contribution in [0, 0.1) is 0 Å². The molecule has 0 radical (unpaired) electrons. The Hall–Kier alpha value is -1.75. The minimum Gasteiger partial charge on any atom is -0.490 e. The SMILES string of the molecule is COC(=O)CNC(C)c1ccc2c(c1)OCCCO2. The Morgan fingerprint density at radius 2 is 2.11 bits per heavy atom. The van der Waals surface area contributed by atoms with Gasteiger partial charge in [0, 0.05) is 12.5 Å². The third-order valence-corrected chi connectivity index (χ3v) is 3.05. The van der Waals surface area contributed by atoms with Gasteiger partial charge in [-0.1, -0.05) is 6.07 Å². The van der Waals surface area contributed by atoms with Crippen molar-refractivity contribution in [3.8, 4) is 11.5 Å². The lowest BCUT2D eigenvalue weighted by atomic mass is 10.1. The maximum Gasteiger partial charge on any atom is 0.319 e. The molecule has 1 aromatic carbocycles. The molecular formula is C14H19NO4. The number of carbonyl (C=O) groups is 1. The highest BCUT2D eigenvalue weighted by atomic mass is 16.5. The minimum absolute atomic E-state index is 0.0382. The quantitative estimate of drug-likeness (QED) is 0.839. The molecule has 1 aliphatic rings. The fourth-order valence-electron chi connectivity index (χ4n) is 1.88. The van der Waals surface area contributed by atoms with Crippen LogP contribution >= 0.6 is 0 Å². The molecule has 0 aromatic heterocycles. The first kappa shape index (κ1) is 13.7. The Morgan fingerprint density at radius 1 is 1.37 bits per heavy atom. The monoisotopic (exact) mass is 265 g/mol. The van der Waals surface area contributed by atoms with Crippen molar-refractivity contribution < 1.29 is 19.0 Å². The number of ether oxygens (including phenoxy) is 3. The van der Waals surface area contributed by atoms with Crippen LogP contribution in [0.15, 0.2) is 18.2 Å². The standard InChI is InChI=1S/C14H19NO4/c1-10(15-9-14(16)17-2)11-4-5-12-13(8-11)19-7-3-6-18-12/h4-5,8,10,15H,3,6-7,9H2,1-2H3. The molecule has 0 spiro atoms. The highest BCUT2D eigenvalue weighted by molar-refractivity contribution is 5.71. The Labute approximate surface area is 112 Å². The van der Waals surface area contributed by atoms with Gasteiger partial charge in [0.15, 0.2) is 11.5 Å². The number of hydrogen-bond acceptors (Lipinski definition) is 5. The van der Waals surface area contributed by atoms with Gasteiger partial charge >= 0.3 is 5.97 Å². The van der Waals surface area contributed by atoms with Crippen LogP contribution in [0.5, 0.6) is 11.5 Å². The molecule has 5 nitrogen and oxygen atoms in total. The molecule has 1 N–H and O–H groups in total. The first-order valence-electron chi connectivity index (χ1n) is 6.40. The van der Waals surface area contributed by atoms with Crippen molar-refractivity contribution in [3.63, 3.8) is 0 Å². The van der Waals surface area contributed by atoms with E-state index in [1.165, 1.54) is 7.11 Å². The third kappa shape index (κ3) is 3.61. The summed E-state index contributed by atoms with van der Waals surface area (Å²) in [6.45, 7) is 3.53. The van der Waals surface area contributed by atoms with Crippen LogP contribution in [0.3, 0.4) is 0 Å². The predicted molar refractivity (Wildman–Crippen MR) is 70.5 cm³/mol. The number of nitrogens with one attached hydrogen (secondary N) is 1. The fraction of sp³-hybridized carbons (Fsp3) is 0.500. The van der Waals surface area contributed by atoms with E-state index in [1.807, 2.05) is 25.1 Å². The largest absolute Gasteiger partial charge is 0.490 e. The second-order valence-corrected chi connectivity index (χ2v) is 4.44. The van der Waals surface area contributed by atoms with Crippen LogP contribution in [-0.4, -0.2) is 32.8 Å². The van der Waals surface area contributed by atoms with Gasteiger partial charge < -0.3 is 19.5 Å². The molecular weight excluding hydrogens is 246 g/mol. The lowest BCUT2D eigenvalue weighted by Crippen LogP contribution is -2.26. The fourth-order valence-corrected chi connectivity index (χ4v) is 1.88. The third-order valence-electron chi connectivity index (χ3n) is 3.05. The van der Waals surface area contributed by atoms with Gasteiger partial charge in [0.1, 0.15) is 0 Å². The summed E-state index contributed by atoms with van der Waals surface area (Å²) in [5, 5.41) is 3.10. The second kappa shape index (κ2) is 6.43. The van der Waals surface area contributed by atoms with E-state index in [2.05, 4.69) is 10.1 Å². The number of carbonyl (C=O) groups excluding carboxylic acids is 1. The summed E-state index contributed by atoms with van der Waals surface area (Å²) in [7, 11) is 1.38. The van der Waals surface area contributed by atoms with E-state index >= 15 is 0 Å². The summed E-state index contributed by atoms with van der Waals surface area (Å²) in [6, 6.07) is 5.88. The molecule has 1 unspecified atom stereocenters. The van der Waals surface area contributed by atoms with Gasteiger partial charge in [-0.05, 0) is 24.6 Å². The van der Waals surface area contributed by atoms with Gasteiger partial charge in [-0.3, -0.25) is 4.79 Å². The molecule has 104 valence electrons. The van der Waals surface area contributed by atoms with Gasteiger partial charge in [-0.15, -0.1) is 0 Å². The van der Waals surface area contributed by atoms with E-state index < -0.39 is 0 Å². The van der Waals surface area contributed by atoms with Crippen molar-refractivity contribution in [3.05, 3.63) is 23.8 Å². The number of rotatable bonds is 4. The summed E-state index contributed by atoms with van der Waals surface area (Å²) in [4.78, 5) is 11.1. The van der Waals surface area contributed by atoms with Crippen LogP contribution in [0.25, 0.3) is 0 Å². The van der Waals surface area contributed by atoms with Gasteiger partial charge in [0.2, 0.25) is 0 Å². The molecule has 0 aliphatic carbocycles. The van der Waals surface area contributed by atoms with E-state index in [9.17, 15) is 4.79 Å². The number of benzene rings is 1. The van der Waals surface area contributed by atoms with Crippen molar-refractivity contribution in [2.75, 3.05) is 26.9 Å².